The number of benzene rings is 2. The van der Waals surface area contributed by atoms with Crippen LogP contribution in [-0.2, 0) is 22.2 Å². The molecule has 0 unspecified atom stereocenters. The van der Waals surface area contributed by atoms with Crippen molar-refractivity contribution in [2.24, 2.45) is 0 Å². The van der Waals surface area contributed by atoms with Crippen LogP contribution in [0.2, 0.25) is 0 Å². The number of hydrogen-bond acceptors (Lipinski definition) is 4. The van der Waals surface area contributed by atoms with Gasteiger partial charge in [0.25, 0.3) is 11.1 Å². The Bertz CT molecular complexity index is 990. The first-order valence-electron chi connectivity index (χ1n) is 8.97. The van der Waals surface area contributed by atoms with Crippen molar-refractivity contribution >= 4 is 34.9 Å². The van der Waals surface area contributed by atoms with Crippen LogP contribution >= 0.6 is 11.8 Å². The van der Waals surface area contributed by atoms with Crippen LogP contribution in [0.25, 0.3) is 6.08 Å². The monoisotopic (exact) mass is 434 g/mol. The second-order valence-electron chi connectivity index (χ2n) is 6.47. The summed E-state index contributed by atoms with van der Waals surface area (Å²) in [6, 6.07) is 13.6. The first kappa shape index (κ1) is 21.6. The zero-order chi connectivity index (χ0) is 21.7. The number of nitrogens with one attached hydrogen (secondary N) is 1. The number of amides is 3. The molecule has 0 saturated carbocycles. The standard InChI is InChI=1S/C21H17F3N2O3S/c22-21(23,24)16-8-4-7-15(11-16)13-18(27)25-9-10-26-19(28)17(30-20(26)29)12-14-5-2-1-3-6-14/h1-8,11-12H,9-10,13H2,(H,25,27)/b17-12+. The van der Waals surface area contributed by atoms with Crippen molar-refractivity contribution in [2.75, 3.05) is 13.1 Å². The van der Waals surface area contributed by atoms with E-state index in [0.29, 0.717) is 4.91 Å². The van der Waals surface area contributed by atoms with E-state index in [1.54, 1.807) is 6.08 Å². The van der Waals surface area contributed by atoms with Crippen molar-refractivity contribution in [3.8, 4) is 0 Å². The molecular weight excluding hydrogens is 417 g/mol. The Morgan fingerprint density at radius 3 is 2.50 bits per heavy atom. The molecule has 1 saturated heterocycles. The van der Waals surface area contributed by atoms with E-state index in [1.165, 1.54) is 12.1 Å². The molecule has 5 nitrogen and oxygen atoms in total. The zero-order valence-electron chi connectivity index (χ0n) is 15.6. The van der Waals surface area contributed by atoms with Gasteiger partial charge in [-0.15, -0.1) is 0 Å². The SMILES string of the molecule is O=C(Cc1cccc(C(F)(F)F)c1)NCCN1C(=O)S/C(=C/c2ccccc2)C1=O. The number of thioether (sulfide) groups is 1. The smallest absolute Gasteiger partial charge is 0.354 e. The fourth-order valence-corrected chi connectivity index (χ4v) is 3.67. The Morgan fingerprint density at radius 1 is 1.07 bits per heavy atom. The van der Waals surface area contributed by atoms with Gasteiger partial charge in [-0.3, -0.25) is 19.3 Å². The van der Waals surface area contributed by atoms with Crippen LogP contribution < -0.4 is 5.32 Å². The van der Waals surface area contributed by atoms with Gasteiger partial charge < -0.3 is 5.32 Å². The molecule has 156 valence electrons. The van der Waals surface area contributed by atoms with Gasteiger partial charge in [0.1, 0.15) is 0 Å². The highest BCUT2D eigenvalue weighted by Gasteiger charge is 2.34. The predicted octanol–water partition coefficient (Wildman–Crippen LogP) is 4.10. The Labute approximate surface area is 174 Å². The van der Waals surface area contributed by atoms with Crippen LogP contribution in [0.3, 0.4) is 0 Å². The fourth-order valence-electron chi connectivity index (χ4n) is 2.81. The van der Waals surface area contributed by atoms with Crippen molar-refractivity contribution in [1.82, 2.24) is 10.2 Å². The van der Waals surface area contributed by atoms with Gasteiger partial charge in [0.2, 0.25) is 5.91 Å². The summed E-state index contributed by atoms with van der Waals surface area (Å²) in [5.74, 6) is -0.942. The van der Waals surface area contributed by atoms with Crippen molar-refractivity contribution in [1.29, 1.82) is 0 Å². The first-order valence-corrected chi connectivity index (χ1v) is 9.79. The Kier molecular flexibility index (Phi) is 6.61. The summed E-state index contributed by atoms with van der Waals surface area (Å²) in [6.07, 6.45) is -3.09. The van der Waals surface area contributed by atoms with E-state index < -0.39 is 28.8 Å². The van der Waals surface area contributed by atoms with Crippen LogP contribution in [-0.4, -0.2) is 35.0 Å². The number of imide groups is 1. The van der Waals surface area contributed by atoms with Crippen LogP contribution in [0.5, 0.6) is 0 Å². The van der Waals surface area contributed by atoms with Gasteiger partial charge in [-0.1, -0.05) is 48.5 Å². The average Bonchev–Trinajstić information content (AvgIpc) is 2.95. The number of nitrogens with zero attached hydrogens (tertiary/aromatic N) is 1. The average molecular weight is 434 g/mol. The first-order chi connectivity index (χ1) is 14.2. The molecule has 0 radical (unpaired) electrons. The number of hydrogen-bond donors (Lipinski definition) is 1. The fraction of sp³-hybridized carbons (Fsp3) is 0.190. The molecule has 0 aromatic heterocycles. The number of rotatable bonds is 6. The number of carbonyl (C=O) groups is 3. The molecule has 1 aliphatic heterocycles. The highest BCUT2D eigenvalue weighted by atomic mass is 32.2. The summed E-state index contributed by atoms with van der Waals surface area (Å²) in [5, 5.41) is 2.09. The second-order valence-corrected chi connectivity index (χ2v) is 7.46. The maximum Gasteiger partial charge on any atom is 0.416 e. The van der Waals surface area contributed by atoms with Crippen LogP contribution in [0.1, 0.15) is 16.7 Å². The largest absolute Gasteiger partial charge is 0.416 e. The molecule has 1 N–H and O–H groups in total. The van der Waals surface area contributed by atoms with E-state index in [4.69, 9.17) is 0 Å². The minimum Gasteiger partial charge on any atom is -0.354 e. The Morgan fingerprint density at radius 2 is 1.80 bits per heavy atom. The summed E-state index contributed by atoms with van der Waals surface area (Å²) in [5.41, 5.74) is 0.187. The molecule has 9 heteroatoms. The summed E-state index contributed by atoms with van der Waals surface area (Å²) >= 11 is 0.821. The minimum atomic E-state index is -4.48. The van der Waals surface area contributed by atoms with E-state index in [2.05, 4.69) is 5.32 Å². The maximum absolute atomic E-state index is 12.7. The molecule has 1 fully saturated rings. The molecule has 0 atom stereocenters. The molecule has 2 aromatic rings. The topological polar surface area (TPSA) is 66.5 Å². The predicted molar refractivity (Wildman–Crippen MR) is 107 cm³/mol. The third-order valence-electron chi connectivity index (χ3n) is 4.25. The summed E-state index contributed by atoms with van der Waals surface area (Å²) in [4.78, 5) is 37.8. The van der Waals surface area contributed by atoms with Crippen molar-refractivity contribution < 1.29 is 27.6 Å². The molecule has 3 rings (SSSR count). The number of carbonyl (C=O) groups excluding carboxylic acids is 3. The lowest BCUT2D eigenvalue weighted by Crippen LogP contribution is -2.37. The summed E-state index contributed by atoms with van der Waals surface area (Å²) in [7, 11) is 0. The van der Waals surface area contributed by atoms with Crippen molar-refractivity contribution in [3.05, 3.63) is 76.2 Å². The molecule has 0 aliphatic carbocycles. The lowest BCUT2D eigenvalue weighted by Gasteiger charge is -2.13. The van der Waals surface area contributed by atoms with Gasteiger partial charge in [-0.2, -0.15) is 13.2 Å². The van der Waals surface area contributed by atoms with Gasteiger partial charge in [0, 0.05) is 13.1 Å². The van der Waals surface area contributed by atoms with Gasteiger partial charge in [-0.25, -0.2) is 0 Å². The molecule has 0 spiro atoms. The van der Waals surface area contributed by atoms with E-state index >= 15 is 0 Å². The third-order valence-corrected chi connectivity index (χ3v) is 5.15. The van der Waals surface area contributed by atoms with Crippen LogP contribution in [0.4, 0.5) is 18.0 Å². The third kappa shape index (κ3) is 5.50. The number of alkyl halides is 3. The highest BCUT2D eigenvalue weighted by molar-refractivity contribution is 8.18. The van der Waals surface area contributed by atoms with Crippen molar-refractivity contribution in [2.45, 2.75) is 12.6 Å². The van der Waals surface area contributed by atoms with Gasteiger partial charge in [-0.05, 0) is 35.0 Å². The molecule has 1 aliphatic rings. The van der Waals surface area contributed by atoms with Crippen LogP contribution in [0.15, 0.2) is 59.5 Å². The molecule has 1 heterocycles. The Hall–Kier alpha value is -3.07. The quantitative estimate of drug-likeness (QED) is 0.696. The molecule has 3 amide bonds. The maximum atomic E-state index is 12.7. The van der Waals surface area contributed by atoms with Gasteiger partial charge in [0.05, 0.1) is 16.9 Å². The van der Waals surface area contributed by atoms with Gasteiger partial charge in [0.15, 0.2) is 0 Å². The Balaban J connectivity index is 1.52. The summed E-state index contributed by atoms with van der Waals surface area (Å²) in [6.45, 7) is -0.0143. The second kappa shape index (κ2) is 9.17. The van der Waals surface area contributed by atoms with E-state index in [0.717, 1.165) is 34.4 Å². The normalized spacial score (nSPS) is 15.7. The van der Waals surface area contributed by atoms with Crippen molar-refractivity contribution in [3.63, 3.8) is 0 Å². The van der Waals surface area contributed by atoms with Gasteiger partial charge >= 0.3 is 6.18 Å². The molecule has 0 bridgehead atoms. The van der Waals surface area contributed by atoms with E-state index in [1.807, 2.05) is 30.3 Å². The molecule has 30 heavy (non-hydrogen) atoms. The lowest BCUT2D eigenvalue weighted by atomic mass is 10.1. The zero-order valence-corrected chi connectivity index (χ0v) is 16.4. The summed E-state index contributed by atoms with van der Waals surface area (Å²) < 4.78 is 38.2. The highest BCUT2D eigenvalue weighted by Crippen LogP contribution is 2.32. The van der Waals surface area contributed by atoms with E-state index in [-0.39, 0.29) is 25.1 Å². The molecular formula is C21H17F3N2O3S. The number of halogens is 3. The minimum absolute atomic E-state index is 0.00838. The van der Waals surface area contributed by atoms with E-state index in [9.17, 15) is 27.6 Å². The van der Waals surface area contributed by atoms with Crippen LogP contribution in [0, 0.1) is 0 Å². The molecule has 2 aromatic carbocycles. The lowest BCUT2D eigenvalue weighted by molar-refractivity contribution is -0.137.